The van der Waals surface area contributed by atoms with Crippen LogP contribution in [0.25, 0.3) is 0 Å². The zero-order chi connectivity index (χ0) is 28.2. The average molecular weight is 667 g/mol. The molecule has 0 aliphatic carbocycles. The van der Waals surface area contributed by atoms with E-state index < -0.39 is 13.2 Å². The average Bonchev–Trinajstić information content (AvgIpc) is 2.89. The van der Waals surface area contributed by atoms with Crippen molar-refractivity contribution in [3.63, 3.8) is 0 Å². The van der Waals surface area contributed by atoms with Gasteiger partial charge in [0, 0.05) is 54.8 Å². The Morgan fingerprint density at radius 2 is 1.74 bits per heavy atom. The molecule has 2 amide bonds. The minimum atomic E-state index is -0.803. The fourth-order valence-corrected chi connectivity index (χ4v) is 5.29. The summed E-state index contributed by atoms with van der Waals surface area (Å²) in [4.78, 5) is 29.2. The third-order valence-electron chi connectivity index (χ3n) is 6.47. The summed E-state index contributed by atoms with van der Waals surface area (Å²) in [5.41, 5.74) is 1.37. The van der Waals surface area contributed by atoms with Crippen molar-refractivity contribution < 1.29 is 24.0 Å². The molecular formula is C28H38BBr2N3O5. The maximum atomic E-state index is 13.7. The van der Waals surface area contributed by atoms with Crippen LogP contribution in [0.3, 0.4) is 0 Å². The highest BCUT2D eigenvalue weighted by Gasteiger charge is 2.35. The first-order chi connectivity index (χ1) is 18.8. The van der Waals surface area contributed by atoms with Crippen LogP contribution in [0.15, 0.2) is 57.5 Å². The molecular weight excluding hydrogens is 629 g/mol. The van der Waals surface area contributed by atoms with Gasteiger partial charge in [-0.2, -0.15) is 0 Å². The Morgan fingerprint density at radius 3 is 2.38 bits per heavy atom. The first-order valence-corrected chi connectivity index (χ1v) is 15.0. The Kier molecular flexibility index (Phi) is 13.4. The summed E-state index contributed by atoms with van der Waals surface area (Å²) < 4.78 is 13.6. The number of nitrogens with one attached hydrogen (secondary N) is 2. The highest BCUT2D eigenvalue weighted by Crippen LogP contribution is 2.22. The maximum Gasteiger partial charge on any atom is 0.480 e. The van der Waals surface area contributed by atoms with Crippen LogP contribution in [0.2, 0.25) is 0 Å². The zero-order valence-electron chi connectivity index (χ0n) is 22.6. The third kappa shape index (κ3) is 10.6. The van der Waals surface area contributed by atoms with Crippen LogP contribution in [-0.4, -0.2) is 80.4 Å². The molecule has 3 rings (SSSR count). The van der Waals surface area contributed by atoms with Crippen molar-refractivity contribution >= 4 is 50.8 Å². The molecule has 212 valence electrons. The molecule has 1 fully saturated rings. The van der Waals surface area contributed by atoms with Crippen molar-refractivity contribution in [1.82, 2.24) is 15.5 Å². The molecule has 0 radical (unpaired) electrons. The Morgan fingerprint density at radius 1 is 1.05 bits per heavy atom. The molecule has 1 heterocycles. The summed E-state index contributed by atoms with van der Waals surface area (Å²) in [6.07, 6.45) is 1.71. The molecule has 1 aliphatic heterocycles. The van der Waals surface area contributed by atoms with Crippen molar-refractivity contribution in [3.05, 3.63) is 68.6 Å². The number of hydrogen-bond donors (Lipinski definition) is 3. The number of rotatable bonds is 12. The van der Waals surface area contributed by atoms with Crippen LogP contribution in [0, 0.1) is 5.92 Å². The Labute approximate surface area is 248 Å². The molecule has 0 saturated carbocycles. The van der Waals surface area contributed by atoms with Crippen LogP contribution in [0.5, 0.6) is 0 Å². The summed E-state index contributed by atoms with van der Waals surface area (Å²) in [5.74, 6) is -0.730. The smallest absolute Gasteiger partial charge is 0.408 e. The highest BCUT2D eigenvalue weighted by molar-refractivity contribution is 9.11. The Hall–Kier alpha value is -1.76. The first kappa shape index (κ1) is 31.8. The number of benzene rings is 2. The minimum absolute atomic E-state index is 0.155. The molecule has 2 aromatic rings. The summed E-state index contributed by atoms with van der Waals surface area (Å²) in [7, 11) is -0.594. The maximum absolute atomic E-state index is 13.7. The van der Waals surface area contributed by atoms with E-state index in [4.69, 9.17) is 14.4 Å². The second-order valence-electron chi connectivity index (χ2n) is 10.1. The molecule has 11 heteroatoms. The second-order valence-corrected chi connectivity index (χ2v) is 11.9. The van der Waals surface area contributed by atoms with E-state index in [1.165, 1.54) is 0 Å². The molecule has 0 bridgehead atoms. The normalized spacial score (nSPS) is 16.3. The lowest BCUT2D eigenvalue weighted by Crippen LogP contribution is -2.57. The van der Waals surface area contributed by atoms with Crippen LogP contribution < -0.4 is 10.6 Å². The van der Waals surface area contributed by atoms with Crippen LogP contribution >= 0.6 is 31.9 Å². The van der Waals surface area contributed by atoms with Crippen molar-refractivity contribution in [2.45, 2.75) is 45.1 Å². The van der Waals surface area contributed by atoms with E-state index in [2.05, 4.69) is 61.2 Å². The van der Waals surface area contributed by atoms with Gasteiger partial charge in [0.05, 0.1) is 11.5 Å². The Bertz CT molecular complexity index is 1050. The van der Waals surface area contributed by atoms with Gasteiger partial charge in [-0.15, -0.1) is 0 Å². The monoisotopic (exact) mass is 665 g/mol. The number of aliphatic hydroxyl groups is 1. The van der Waals surface area contributed by atoms with Gasteiger partial charge in [0.2, 0.25) is 5.91 Å². The standard InChI is InChI=1S/C28H38BBr2N3O5/c1-20(2)17-26(29-38-15-12-34(11-6-14-35)13-16-39-29)33-28(37)25(18-21-7-4-3-5-8-21)32-27(36)23-19-22(30)9-10-24(23)31/h3-5,7-10,19-20,25-26,35H,6,11-18H2,1-2H3,(H,32,36)(H,33,37)/t25?,26-/m0/s1. The molecule has 1 saturated heterocycles. The van der Waals surface area contributed by atoms with Crippen molar-refractivity contribution in [3.8, 4) is 0 Å². The van der Waals surface area contributed by atoms with Gasteiger partial charge >= 0.3 is 7.12 Å². The van der Waals surface area contributed by atoms with Gasteiger partial charge in [-0.25, -0.2) is 0 Å². The van der Waals surface area contributed by atoms with E-state index >= 15 is 0 Å². The highest BCUT2D eigenvalue weighted by atomic mass is 79.9. The summed E-state index contributed by atoms with van der Waals surface area (Å²) >= 11 is 6.86. The van der Waals surface area contributed by atoms with Crippen LogP contribution in [0.1, 0.15) is 42.6 Å². The molecule has 39 heavy (non-hydrogen) atoms. The zero-order valence-corrected chi connectivity index (χ0v) is 25.7. The number of carbonyl (C=O) groups excluding carboxylic acids is 2. The fourth-order valence-electron chi connectivity index (χ4n) is 4.50. The van der Waals surface area contributed by atoms with E-state index in [1.54, 1.807) is 12.1 Å². The largest absolute Gasteiger partial charge is 0.480 e. The molecule has 3 N–H and O–H groups in total. The quantitative estimate of drug-likeness (QED) is 0.298. The summed E-state index contributed by atoms with van der Waals surface area (Å²) in [6, 6.07) is 14.2. The van der Waals surface area contributed by atoms with E-state index in [0.29, 0.717) is 42.5 Å². The topological polar surface area (TPSA) is 100 Å². The number of hydrogen-bond acceptors (Lipinski definition) is 6. The van der Waals surface area contributed by atoms with Gasteiger partial charge in [0.25, 0.3) is 5.91 Å². The van der Waals surface area contributed by atoms with E-state index in [9.17, 15) is 9.59 Å². The molecule has 2 aromatic carbocycles. The molecule has 1 aliphatic rings. The summed E-state index contributed by atoms with van der Waals surface area (Å²) in [5, 5.41) is 15.2. The Balaban J connectivity index is 1.75. The van der Waals surface area contributed by atoms with Crippen LogP contribution in [-0.2, 0) is 20.5 Å². The lowest BCUT2D eigenvalue weighted by molar-refractivity contribution is -0.123. The number of halogens is 2. The van der Waals surface area contributed by atoms with E-state index in [0.717, 1.165) is 29.7 Å². The SMILES string of the molecule is CC(C)C[C@H](NC(=O)C(Cc1ccccc1)NC(=O)c1cc(Br)ccc1Br)B1OCCN(CCCO)CCO1. The van der Waals surface area contributed by atoms with E-state index in [-0.39, 0.29) is 30.3 Å². The predicted octanol–water partition coefficient (Wildman–Crippen LogP) is 3.84. The number of carbonyl (C=O) groups is 2. The van der Waals surface area contributed by atoms with Gasteiger partial charge in [0.15, 0.2) is 0 Å². The van der Waals surface area contributed by atoms with Crippen LogP contribution in [0.4, 0.5) is 0 Å². The van der Waals surface area contributed by atoms with Gasteiger partial charge in [-0.3, -0.25) is 14.5 Å². The molecule has 8 nitrogen and oxygen atoms in total. The minimum Gasteiger partial charge on any atom is -0.408 e. The third-order valence-corrected chi connectivity index (χ3v) is 7.66. The fraction of sp³-hybridized carbons (Fsp3) is 0.500. The lowest BCUT2D eigenvalue weighted by Gasteiger charge is -2.32. The van der Waals surface area contributed by atoms with Gasteiger partial charge in [-0.05, 0) is 58.5 Å². The van der Waals surface area contributed by atoms with E-state index in [1.807, 2.05) is 36.4 Å². The molecule has 0 spiro atoms. The number of aliphatic hydroxyl groups excluding tert-OH is 1. The van der Waals surface area contributed by atoms with Crippen molar-refractivity contribution in [1.29, 1.82) is 0 Å². The molecule has 2 atom stereocenters. The number of nitrogens with zero attached hydrogens (tertiary/aromatic N) is 1. The molecule has 0 aromatic heterocycles. The van der Waals surface area contributed by atoms with Gasteiger partial charge < -0.3 is 25.0 Å². The summed E-state index contributed by atoms with van der Waals surface area (Å²) in [6.45, 7) is 7.51. The lowest BCUT2D eigenvalue weighted by atomic mass is 9.73. The first-order valence-electron chi connectivity index (χ1n) is 13.4. The van der Waals surface area contributed by atoms with Gasteiger partial charge in [-0.1, -0.05) is 60.1 Å². The molecule has 1 unspecified atom stereocenters. The van der Waals surface area contributed by atoms with Crippen molar-refractivity contribution in [2.75, 3.05) is 39.5 Å². The number of amides is 2. The second kappa shape index (κ2) is 16.5. The van der Waals surface area contributed by atoms with Crippen molar-refractivity contribution in [2.24, 2.45) is 5.92 Å². The predicted molar refractivity (Wildman–Crippen MR) is 160 cm³/mol. The van der Waals surface area contributed by atoms with Gasteiger partial charge in [0.1, 0.15) is 6.04 Å².